The average molecular weight is 451 g/mol. The Morgan fingerprint density at radius 1 is 0.875 bits per heavy atom. The maximum atomic E-state index is 9.10. The lowest BCUT2D eigenvalue weighted by Crippen LogP contribution is -2.47. The molecule has 3 rings (SSSR count). The Balaban J connectivity index is 0.000000534. The molecule has 0 amide bonds. The molecule has 1 unspecified atom stereocenters. The summed E-state index contributed by atoms with van der Waals surface area (Å²) < 4.78 is 16.4. The van der Waals surface area contributed by atoms with Crippen LogP contribution in [0.2, 0.25) is 0 Å². The van der Waals surface area contributed by atoms with Gasteiger partial charge in [-0.15, -0.1) is 0 Å². The number of hydrogen-bond donors (Lipinski definition) is 2. The second kappa shape index (κ2) is 12.9. The minimum atomic E-state index is -1.82. The monoisotopic (exact) mass is 450 g/mol. The van der Waals surface area contributed by atoms with Crippen molar-refractivity contribution in [1.29, 1.82) is 0 Å². The number of carboxylic acid groups (broad SMARTS) is 2. The summed E-state index contributed by atoms with van der Waals surface area (Å²) in [4.78, 5) is 23.3. The third-order valence-electron chi connectivity index (χ3n) is 5.72. The fourth-order valence-corrected chi connectivity index (χ4v) is 3.97. The van der Waals surface area contributed by atoms with Crippen LogP contribution >= 0.6 is 0 Å². The number of aliphatic carboxylic acids is 2. The van der Waals surface area contributed by atoms with Gasteiger partial charge in [-0.3, -0.25) is 4.90 Å². The molecule has 32 heavy (non-hydrogen) atoms. The van der Waals surface area contributed by atoms with Crippen LogP contribution in [-0.2, 0) is 16.1 Å². The maximum absolute atomic E-state index is 9.10. The van der Waals surface area contributed by atoms with Crippen molar-refractivity contribution in [2.75, 3.05) is 54.1 Å². The van der Waals surface area contributed by atoms with Gasteiger partial charge >= 0.3 is 11.9 Å². The first-order chi connectivity index (χ1) is 15.4. The SMILES string of the molecule is COc1cc(OC)c(OC)cc1CN1CCN(CC2CC=CCC2)CC1.O=C(O)C(=O)O. The van der Waals surface area contributed by atoms with E-state index in [4.69, 9.17) is 34.0 Å². The number of carboxylic acids is 2. The standard InChI is InChI=1S/C21H32N2O3.C2H2O4/c1-24-19-14-21(26-3)20(25-2)13-18(19)16-23-11-9-22(10-12-23)15-17-7-5-4-6-8-17;3-1(4)2(5)6/h4-5,13-14,17H,6-12,15-16H2,1-3H3;(H,3,4)(H,5,6). The van der Waals surface area contributed by atoms with Gasteiger partial charge in [-0.1, -0.05) is 12.2 Å². The number of piperazine rings is 1. The Labute approximate surface area is 189 Å². The van der Waals surface area contributed by atoms with Gasteiger partial charge in [0.25, 0.3) is 0 Å². The molecule has 2 N–H and O–H groups in total. The molecule has 9 heteroatoms. The average Bonchev–Trinajstić information content (AvgIpc) is 2.81. The van der Waals surface area contributed by atoms with Crippen molar-refractivity contribution in [2.24, 2.45) is 5.92 Å². The van der Waals surface area contributed by atoms with Crippen molar-refractivity contribution in [1.82, 2.24) is 9.80 Å². The van der Waals surface area contributed by atoms with Crippen molar-refractivity contribution >= 4 is 11.9 Å². The van der Waals surface area contributed by atoms with Crippen molar-refractivity contribution in [3.63, 3.8) is 0 Å². The predicted molar refractivity (Wildman–Crippen MR) is 120 cm³/mol. The minimum absolute atomic E-state index is 0.708. The molecule has 0 radical (unpaired) electrons. The summed E-state index contributed by atoms with van der Waals surface area (Å²) in [6.45, 7) is 6.62. The lowest BCUT2D eigenvalue weighted by Gasteiger charge is -2.37. The molecule has 1 aromatic carbocycles. The molecule has 178 valence electrons. The van der Waals surface area contributed by atoms with Crippen LogP contribution in [-0.4, -0.2) is 86.0 Å². The Morgan fingerprint density at radius 3 is 1.94 bits per heavy atom. The zero-order valence-corrected chi connectivity index (χ0v) is 19.1. The van der Waals surface area contributed by atoms with E-state index < -0.39 is 11.9 Å². The third-order valence-corrected chi connectivity index (χ3v) is 5.72. The van der Waals surface area contributed by atoms with Crippen LogP contribution in [0.3, 0.4) is 0 Å². The van der Waals surface area contributed by atoms with Crippen LogP contribution in [0.15, 0.2) is 24.3 Å². The molecule has 1 saturated heterocycles. The van der Waals surface area contributed by atoms with E-state index in [2.05, 4.69) is 22.0 Å². The maximum Gasteiger partial charge on any atom is 0.414 e. The summed E-state index contributed by atoms with van der Waals surface area (Å²) in [5, 5.41) is 14.8. The highest BCUT2D eigenvalue weighted by molar-refractivity contribution is 6.27. The van der Waals surface area contributed by atoms with Gasteiger partial charge < -0.3 is 29.3 Å². The van der Waals surface area contributed by atoms with E-state index >= 15 is 0 Å². The summed E-state index contributed by atoms with van der Waals surface area (Å²) in [6, 6.07) is 3.96. The number of carbonyl (C=O) groups is 2. The van der Waals surface area contributed by atoms with Crippen LogP contribution in [0.4, 0.5) is 0 Å². The summed E-state index contributed by atoms with van der Waals surface area (Å²) >= 11 is 0. The van der Waals surface area contributed by atoms with E-state index in [0.29, 0.717) is 5.75 Å². The molecule has 1 atom stereocenters. The van der Waals surface area contributed by atoms with Gasteiger partial charge in [0.2, 0.25) is 0 Å². The molecular weight excluding hydrogens is 416 g/mol. The number of nitrogens with zero attached hydrogens (tertiary/aromatic N) is 2. The third kappa shape index (κ3) is 7.72. The van der Waals surface area contributed by atoms with Crippen LogP contribution in [0.5, 0.6) is 17.2 Å². The topological polar surface area (TPSA) is 109 Å². The molecule has 0 saturated carbocycles. The van der Waals surface area contributed by atoms with Crippen LogP contribution in [0.25, 0.3) is 0 Å². The quantitative estimate of drug-likeness (QED) is 0.478. The smallest absolute Gasteiger partial charge is 0.414 e. The molecule has 1 fully saturated rings. The first-order valence-electron chi connectivity index (χ1n) is 10.7. The number of hydrogen-bond acceptors (Lipinski definition) is 7. The number of benzene rings is 1. The summed E-state index contributed by atoms with van der Waals surface area (Å²) in [6.07, 6.45) is 8.53. The summed E-state index contributed by atoms with van der Waals surface area (Å²) in [5.74, 6) is -0.478. The zero-order valence-electron chi connectivity index (χ0n) is 19.1. The lowest BCUT2D eigenvalue weighted by molar-refractivity contribution is -0.159. The summed E-state index contributed by atoms with van der Waals surface area (Å²) in [5.41, 5.74) is 1.15. The molecular formula is C23H34N2O7. The molecule has 1 aromatic rings. The van der Waals surface area contributed by atoms with Crippen molar-refractivity contribution in [3.05, 3.63) is 29.8 Å². The highest BCUT2D eigenvalue weighted by Crippen LogP contribution is 2.35. The zero-order chi connectivity index (χ0) is 23.5. The second-order valence-electron chi connectivity index (χ2n) is 7.86. The van der Waals surface area contributed by atoms with Gasteiger partial charge in [0.1, 0.15) is 5.75 Å². The Kier molecular flexibility index (Phi) is 10.3. The molecule has 0 bridgehead atoms. The first-order valence-corrected chi connectivity index (χ1v) is 10.7. The minimum Gasteiger partial charge on any atom is -0.496 e. The van der Waals surface area contributed by atoms with Gasteiger partial charge in [-0.25, -0.2) is 9.59 Å². The van der Waals surface area contributed by atoms with Crippen LogP contribution < -0.4 is 14.2 Å². The molecule has 1 aliphatic heterocycles. The number of allylic oxidation sites excluding steroid dienone is 2. The number of ether oxygens (including phenoxy) is 3. The predicted octanol–water partition coefficient (Wildman–Crippen LogP) is 2.34. The lowest BCUT2D eigenvalue weighted by atomic mass is 9.94. The van der Waals surface area contributed by atoms with Crippen molar-refractivity contribution in [2.45, 2.75) is 25.8 Å². The normalized spacial score (nSPS) is 18.9. The Hall–Kier alpha value is -2.78. The summed E-state index contributed by atoms with van der Waals surface area (Å²) in [7, 11) is 5.03. The van der Waals surface area contributed by atoms with Gasteiger partial charge in [0, 0.05) is 50.9 Å². The molecule has 1 heterocycles. The molecule has 2 aliphatic rings. The number of rotatable bonds is 7. The van der Waals surface area contributed by atoms with E-state index in [-0.39, 0.29) is 0 Å². The Bertz CT molecular complexity index is 777. The van der Waals surface area contributed by atoms with Gasteiger partial charge in [0.15, 0.2) is 11.5 Å². The molecule has 9 nitrogen and oxygen atoms in total. The van der Waals surface area contributed by atoms with E-state index in [9.17, 15) is 0 Å². The fraction of sp³-hybridized carbons (Fsp3) is 0.565. The molecule has 1 aliphatic carbocycles. The van der Waals surface area contributed by atoms with Crippen LogP contribution in [0, 0.1) is 5.92 Å². The fourth-order valence-electron chi connectivity index (χ4n) is 3.97. The van der Waals surface area contributed by atoms with E-state index in [1.54, 1.807) is 21.3 Å². The van der Waals surface area contributed by atoms with Crippen molar-refractivity contribution in [3.8, 4) is 17.2 Å². The van der Waals surface area contributed by atoms with Gasteiger partial charge in [-0.05, 0) is 31.2 Å². The van der Waals surface area contributed by atoms with E-state index in [1.807, 2.05) is 12.1 Å². The van der Waals surface area contributed by atoms with Crippen molar-refractivity contribution < 1.29 is 34.0 Å². The number of methoxy groups -OCH3 is 3. The molecule has 0 aromatic heterocycles. The Morgan fingerprint density at radius 2 is 1.44 bits per heavy atom. The van der Waals surface area contributed by atoms with E-state index in [1.165, 1.54) is 25.8 Å². The van der Waals surface area contributed by atoms with Gasteiger partial charge in [0.05, 0.1) is 21.3 Å². The largest absolute Gasteiger partial charge is 0.496 e. The van der Waals surface area contributed by atoms with Crippen LogP contribution in [0.1, 0.15) is 24.8 Å². The second-order valence-corrected chi connectivity index (χ2v) is 7.86. The molecule has 0 spiro atoms. The van der Waals surface area contributed by atoms with E-state index in [0.717, 1.165) is 55.7 Å². The van der Waals surface area contributed by atoms with Gasteiger partial charge in [-0.2, -0.15) is 0 Å². The highest BCUT2D eigenvalue weighted by atomic mass is 16.5. The highest BCUT2D eigenvalue weighted by Gasteiger charge is 2.22. The first kappa shape index (κ1) is 25.5.